The van der Waals surface area contributed by atoms with Crippen LogP contribution < -0.4 is 5.32 Å². The number of nitrogens with one attached hydrogen (secondary N) is 1. The summed E-state index contributed by atoms with van der Waals surface area (Å²) in [6.45, 7) is 3.34. The number of pyridine rings is 1. The molecule has 0 radical (unpaired) electrons. The topological polar surface area (TPSA) is 76.9 Å². The summed E-state index contributed by atoms with van der Waals surface area (Å²) in [6, 6.07) is 18.5. The molecule has 0 bridgehead atoms. The zero-order valence-corrected chi connectivity index (χ0v) is 15.5. The van der Waals surface area contributed by atoms with Crippen molar-refractivity contribution in [3.8, 4) is 5.82 Å². The Kier molecular flexibility index (Phi) is 4.45. The number of aromatic nitrogens is 3. The van der Waals surface area contributed by atoms with Crippen LogP contribution >= 0.6 is 0 Å². The maximum absolute atomic E-state index is 12.7. The Bertz CT molecular complexity index is 1190. The molecule has 28 heavy (non-hydrogen) atoms. The van der Waals surface area contributed by atoms with Crippen LogP contribution in [0.3, 0.4) is 0 Å². The van der Waals surface area contributed by atoms with Gasteiger partial charge in [0.2, 0.25) is 0 Å². The number of Topliss-reactive ketones (excluding diaryl/α,β-unsaturated/α-hetero) is 1. The molecule has 2 heterocycles. The summed E-state index contributed by atoms with van der Waals surface area (Å²) < 4.78 is 1.65. The van der Waals surface area contributed by atoms with E-state index in [0.29, 0.717) is 28.3 Å². The van der Waals surface area contributed by atoms with Crippen molar-refractivity contribution in [2.75, 3.05) is 5.32 Å². The molecular formula is C22H18N4O2. The first-order chi connectivity index (χ1) is 13.5. The van der Waals surface area contributed by atoms with Crippen LogP contribution in [0, 0.1) is 6.92 Å². The van der Waals surface area contributed by atoms with E-state index in [1.807, 2.05) is 43.3 Å². The van der Waals surface area contributed by atoms with Crippen molar-refractivity contribution in [1.29, 1.82) is 0 Å². The number of ketones is 1. The highest BCUT2D eigenvalue weighted by atomic mass is 16.1. The SMILES string of the molecule is CC(=O)c1ccc(NC(=O)c2cnn(-c3ccc4ccccc4n3)c2C)cc1. The lowest BCUT2D eigenvalue weighted by atomic mass is 10.1. The van der Waals surface area contributed by atoms with Crippen molar-refractivity contribution < 1.29 is 9.59 Å². The van der Waals surface area contributed by atoms with E-state index in [4.69, 9.17) is 0 Å². The Hall–Kier alpha value is -3.80. The maximum atomic E-state index is 12.7. The van der Waals surface area contributed by atoms with E-state index in [1.54, 1.807) is 28.9 Å². The predicted molar refractivity (Wildman–Crippen MR) is 108 cm³/mol. The molecular weight excluding hydrogens is 352 g/mol. The van der Waals surface area contributed by atoms with E-state index < -0.39 is 0 Å². The lowest BCUT2D eigenvalue weighted by molar-refractivity contribution is 0.101. The van der Waals surface area contributed by atoms with Crippen LogP contribution in [0.2, 0.25) is 0 Å². The van der Waals surface area contributed by atoms with Gasteiger partial charge in [0, 0.05) is 16.6 Å². The number of hydrogen-bond acceptors (Lipinski definition) is 4. The Morgan fingerprint density at radius 3 is 2.46 bits per heavy atom. The third-order valence-electron chi connectivity index (χ3n) is 4.60. The van der Waals surface area contributed by atoms with Crippen molar-refractivity contribution >= 4 is 28.3 Å². The summed E-state index contributed by atoms with van der Waals surface area (Å²) >= 11 is 0. The first kappa shape index (κ1) is 17.6. The number of nitrogens with zero attached hydrogens (tertiary/aromatic N) is 3. The molecule has 2 aromatic heterocycles. The monoisotopic (exact) mass is 370 g/mol. The van der Waals surface area contributed by atoms with Gasteiger partial charge >= 0.3 is 0 Å². The number of benzene rings is 2. The van der Waals surface area contributed by atoms with Gasteiger partial charge in [-0.3, -0.25) is 9.59 Å². The molecule has 4 aromatic rings. The summed E-state index contributed by atoms with van der Waals surface area (Å²) in [7, 11) is 0. The van der Waals surface area contributed by atoms with Crippen LogP contribution in [0.25, 0.3) is 16.7 Å². The molecule has 2 aromatic carbocycles. The fourth-order valence-corrected chi connectivity index (χ4v) is 3.02. The van der Waals surface area contributed by atoms with Gasteiger partial charge in [-0.2, -0.15) is 5.10 Å². The minimum absolute atomic E-state index is 0.0158. The minimum Gasteiger partial charge on any atom is -0.322 e. The van der Waals surface area contributed by atoms with E-state index in [-0.39, 0.29) is 11.7 Å². The number of amides is 1. The molecule has 0 spiro atoms. The van der Waals surface area contributed by atoms with E-state index in [9.17, 15) is 9.59 Å². The van der Waals surface area contributed by atoms with Gasteiger partial charge in [-0.25, -0.2) is 9.67 Å². The molecule has 0 saturated carbocycles. The van der Waals surface area contributed by atoms with Gasteiger partial charge < -0.3 is 5.32 Å². The van der Waals surface area contributed by atoms with Crippen LogP contribution in [0.5, 0.6) is 0 Å². The molecule has 1 amide bonds. The normalized spacial score (nSPS) is 10.8. The van der Waals surface area contributed by atoms with Crippen LogP contribution in [-0.4, -0.2) is 26.5 Å². The van der Waals surface area contributed by atoms with E-state index in [1.165, 1.54) is 13.1 Å². The maximum Gasteiger partial charge on any atom is 0.259 e. The standard InChI is InChI=1S/C22H18N4O2/c1-14-19(22(28)24-18-10-7-16(8-11-18)15(2)27)13-23-26(14)21-12-9-17-5-3-4-6-20(17)25-21/h3-13H,1-2H3,(H,24,28). The molecule has 0 aliphatic heterocycles. The molecule has 6 heteroatoms. The predicted octanol–water partition coefficient (Wildman–Crippen LogP) is 4.18. The number of carbonyl (C=O) groups is 2. The fraction of sp³-hybridized carbons (Fsp3) is 0.0909. The van der Waals surface area contributed by atoms with Gasteiger partial charge in [-0.15, -0.1) is 0 Å². The van der Waals surface area contributed by atoms with Gasteiger partial charge in [0.15, 0.2) is 11.6 Å². The molecule has 0 unspecified atom stereocenters. The number of hydrogen-bond donors (Lipinski definition) is 1. The number of fused-ring (bicyclic) bond motifs is 1. The molecule has 138 valence electrons. The Morgan fingerprint density at radius 1 is 0.964 bits per heavy atom. The van der Waals surface area contributed by atoms with Crippen molar-refractivity contribution in [3.05, 3.63) is 83.7 Å². The Balaban J connectivity index is 1.60. The molecule has 0 fully saturated rings. The number of carbonyl (C=O) groups excluding carboxylic acids is 2. The van der Waals surface area contributed by atoms with Crippen molar-refractivity contribution in [2.24, 2.45) is 0 Å². The third-order valence-corrected chi connectivity index (χ3v) is 4.60. The van der Waals surface area contributed by atoms with Gasteiger partial charge in [-0.1, -0.05) is 18.2 Å². The highest BCUT2D eigenvalue weighted by molar-refractivity contribution is 6.05. The molecule has 6 nitrogen and oxygen atoms in total. The van der Waals surface area contributed by atoms with Gasteiger partial charge in [0.25, 0.3) is 5.91 Å². The highest BCUT2D eigenvalue weighted by Gasteiger charge is 2.16. The largest absolute Gasteiger partial charge is 0.322 e. The minimum atomic E-state index is -0.264. The van der Waals surface area contributed by atoms with Gasteiger partial charge in [0.05, 0.1) is 23.0 Å². The first-order valence-electron chi connectivity index (χ1n) is 8.86. The van der Waals surface area contributed by atoms with Crippen molar-refractivity contribution in [1.82, 2.24) is 14.8 Å². The molecule has 0 aliphatic rings. The second kappa shape index (κ2) is 7.08. The average molecular weight is 370 g/mol. The van der Waals surface area contributed by atoms with Crippen molar-refractivity contribution in [2.45, 2.75) is 13.8 Å². The molecule has 0 saturated heterocycles. The van der Waals surface area contributed by atoms with E-state index in [2.05, 4.69) is 15.4 Å². The zero-order valence-electron chi connectivity index (χ0n) is 15.5. The highest BCUT2D eigenvalue weighted by Crippen LogP contribution is 2.18. The zero-order chi connectivity index (χ0) is 19.7. The van der Waals surface area contributed by atoms with Crippen LogP contribution in [0.1, 0.15) is 33.3 Å². The van der Waals surface area contributed by atoms with Crippen LogP contribution in [0.4, 0.5) is 5.69 Å². The van der Waals surface area contributed by atoms with E-state index in [0.717, 1.165) is 10.9 Å². The fourth-order valence-electron chi connectivity index (χ4n) is 3.02. The lowest BCUT2D eigenvalue weighted by Gasteiger charge is -2.07. The lowest BCUT2D eigenvalue weighted by Crippen LogP contribution is -2.13. The van der Waals surface area contributed by atoms with Crippen LogP contribution in [-0.2, 0) is 0 Å². The van der Waals surface area contributed by atoms with E-state index >= 15 is 0 Å². The number of anilines is 1. The molecule has 1 N–H and O–H groups in total. The third kappa shape index (κ3) is 3.27. The Labute approximate surface area is 161 Å². The quantitative estimate of drug-likeness (QED) is 0.547. The number of rotatable bonds is 4. The molecule has 0 aliphatic carbocycles. The first-order valence-corrected chi connectivity index (χ1v) is 8.86. The van der Waals surface area contributed by atoms with Crippen molar-refractivity contribution in [3.63, 3.8) is 0 Å². The summed E-state index contributed by atoms with van der Waals surface area (Å²) in [5, 5.41) is 8.22. The average Bonchev–Trinajstić information content (AvgIpc) is 3.09. The smallest absolute Gasteiger partial charge is 0.259 e. The summed E-state index contributed by atoms with van der Waals surface area (Å²) in [6.07, 6.45) is 1.53. The summed E-state index contributed by atoms with van der Waals surface area (Å²) in [4.78, 5) is 28.6. The second-order valence-corrected chi connectivity index (χ2v) is 6.51. The molecule has 4 rings (SSSR count). The molecule has 0 atom stereocenters. The summed E-state index contributed by atoms with van der Waals surface area (Å²) in [5.41, 5.74) is 3.24. The van der Waals surface area contributed by atoms with Gasteiger partial charge in [-0.05, 0) is 56.3 Å². The second-order valence-electron chi connectivity index (χ2n) is 6.51. The van der Waals surface area contributed by atoms with Crippen LogP contribution in [0.15, 0.2) is 66.9 Å². The Morgan fingerprint density at radius 2 is 1.71 bits per heavy atom. The van der Waals surface area contributed by atoms with Gasteiger partial charge in [0.1, 0.15) is 0 Å². The number of para-hydroxylation sites is 1. The summed E-state index contributed by atoms with van der Waals surface area (Å²) in [5.74, 6) is 0.374.